The van der Waals surface area contributed by atoms with Gasteiger partial charge in [0.2, 0.25) is 5.91 Å². The standard InChI is InChI=1S/C17H26N2O4S/c1-14-6-4-5-7-16(14)23-10-9-18(2)12-17(20)19(3)15-8-11-24(21,22)13-15/h4-7,15H,8-13H2,1-3H3/t15-/m1/s1. The Labute approximate surface area is 144 Å². The Morgan fingerprint density at radius 1 is 1.29 bits per heavy atom. The molecule has 1 amide bonds. The summed E-state index contributed by atoms with van der Waals surface area (Å²) in [5, 5.41) is 0. The van der Waals surface area contributed by atoms with Gasteiger partial charge in [0.15, 0.2) is 9.84 Å². The highest BCUT2D eigenvalue weighted by atomic mass is 32.2. The van der Waals surface area contributed by atoms with Crippen LogP contribution in [0.1, 0.15) is 12.0 Å². The predicted molar refractivity (Wildman–Crippen MR) is 94.0 cm³/mol. The molecule has 1 atom stereocenters. The molecule has 134 valence electrons. The van der Waals surface area contributed by atoms with E-state index in [0.717, 1.165) is 11.3 Å². The second-order valence-corrected chi connectivity index (χ2v) is 8.64. The Morgan fingerprint density at radius 3 is 2.62 bits per heavy atom. The summed E-state index contributed by atoms with van der Waals surface area (Å²) in [6.45, 7) is 3.37. The van der Waals surface area contributed by atoms with Crippen LogP contribution >= 0.6 is 0 Å². The van der Waals surface area contributed by atoms with E-state index in [-0.39, 0.29) is 30.0 Å². The Morgan fingerprint density at radius 2 is 2.00 bits per heavy atom. The normalized spacial score (nSPS) is 19.4. The van der Waals surface area contributed by atoms with Gasteiger partial charge < -0.3 is 9.64 Å². The highest BCUT2D eigenvalue weighted by Gasteiger charge is 2.32. The number of para-hydroxylation sites is 1. The molecule has 0 radical (unpaired) electrons. The zero-order chi connectivity index (χ0) is 17.7. The molecular formula is C17H26N2O4S. The lowest BCUT2D eigenvalue weighted by atomic mass is 10.2. The summed E-state index contributed by atoms with van der Waals surface area (Å²) in [5.74, 6) is 1.05. The van der Waals surface area contributed by atoms with Gasteiger partial charge in [-0.05, 0) is 32.0 Å². The summed E-state index contributed by atoms with van der Waals surface area (Å²) < 4.78 is 28.8. The molecule has 7 heteroatoms. The first-order valence-corrected chi connectivity index (χ1v) is 9.94. The first-order valence-electron chi connectivity index (χ1n) is 8.11. The van der Waals surface area contributed by atoms with Gasteiger partial charge in [-0.25, -0.2) is 8.42 Å². The molecule has 1 aromatic rings. The van der Waals surface area contributed by atoms with Crippen LogP contribution in [-0.4, -0.2) is 75.5 Å². The maximum atomic E-state index is 12.3. The van der Waals surface area contributed by atoms with Crippen molar-refractivity contribution >= 4 is 15.7 Å². The van der Waals surface area contributed by atoms with Gasteiger partial charge in [0.05, 0.1) is 18.1 Å². The number of hydrogen-bond acceptors (Lipinski definition) is 5. The van der Waals surface area contributed by atoms with Crippen LogP contribution in [0, 0.1) is 6.92 Å². The van der Waals surface area contributed by atoms with Crippen molar-refractivity contribution < 1.29 is 17.9 Å². The molecule has 0 N–H and O–H groups in total. The smallest absolute Gasteiger partial charge is 0.236 e. The maximum absolute atomic E-state index is 12.3. The van der Waals surface area contributed by atoms with Crippen LogP contribution in [0.15, 0.2) is 24.3 Å². The molecule has 0 aromatic heterocycles. The molecule has 0 saturated carbocycles. The van der Waals surface area contributed by atoms with E-state index in [0.29, 0.717) is 19.6 Å². The highest BCUT2D eigenvalue weighted by molar-refractivity contribution is 7.91. The predicted octanol–water partition coefficient (Wildman–Crippen LogP) is 0.951. The van der Waals surface area contributed by atoms with E-state index in [9.17, 15) is 13.2 Å². The zero-order valence-corrected chi connectivity index (χ0v) is 15.4. The van der Waals surface area contributed by atoms with Crippen LogP contribution in [-0.2, 0) is 14.6 Å². The van der Waals surface area contributed by atoms with Crippen molar-refractivity contribution in [3.63, 3.8) is 0 Å². The van der Waals surface area contributed by atoms with Crippen LogP contribution in [0.5, 0.6) is 5.75 Å². The second-order valence-electron chi connectivity index (χ2n) is 6.41. The fourth-order valence-electron chi connectivity index (χ4n) is 2.74. The van der Waals surface area contributed by atoms with Gasteiger partial charge in [0.1, 0.15) is 12.4 Å². The van der Waals surface area contributed by atoms with Gasteiger partial charge in [0.25, 0.3) is 0 Å². The lowest BCUT2D eigenvalue weighted by Crippen LogP contribution is -2.43. The zero-order valence-electron chi connectivity index (χ0n) is 14.6. The number of rotatable bonds is 7. The average Bonchev–Trinajstić information content (AvgIpc) is 2.88. The van der Waals surface area contributed by atoms with Gasteiger partial charge in [-0.15, -0.1) is 0 Å². The quantitative estimate of drug-likeness (QED) is 0.729. The number of benzene rings is 1. The minimum absolute atomic E-state index is 0.0597. The van der Waals surface area contributed by atoms with Gasteiger partial charge in [-0.2, -0.15) is 0 Å². The van der Waals surface area contributed by atoms with Crippen molar-refractivity contribution in [2.45, 2.75) is 19.4 Å². The van der Waals surface area contributed by atoms with Crippen LogP contribution < -0.4 is 4.74 Å². The highest BCUT2D eigenvalue weighted by Crippen LogP contribution is 2.17. The van der Waals surface area contributed by atoms with Gasteiger partial charge in [-0.3, -0.25) is 9.69 Å². The van der Waals surface area contributed by atoms with Crippen molar-refractivity contribution in [2.24, 2.45) is 0 Å². The Kier molecular flexibility index (Phi) is 6.23. The van der Waals surface area contributed by atoms with Crippen LogP contribution in [0.3, 0.4) is 0 Å². The maximum Gasteiger partial charge on any atom is 0.236 e. The number of hydrogen-bond donors (Lipinski definition) is 0. The minimum Gasteiger partial charge on any atom is -0.492 e. The molecule has 0 aliphatic carbocycles. The number of carbonyl (C=O) groups is 1. The van der Waals surface area contributed by atoms with Crippen molar-refractivity contribution in [1.82, 2.24) is 9.80 Å². The lowest BCUT2D eigenvalue weighted by molar-refractivity contribution is -0.132. The fraction of sp³-hybridized carbons (Fsp3) is 0.588. The number of nitrogens with zero attached hydrogens (tertiary/aromatic N) is 2. The average molecular weight is 354 g/mol. The number of amides is 1. The molecule has 1 aromatic carbocycles. The summed E-state index contributed by atoms with van der Waals surface area (Å²) in [6.07, 6.45) is 0.532. The van der Waals surface area contributed by atoms with E-state index in [4.69, 9.17) is 4.74 Å². The molecule has 0 bridgehead atoms. The molecule has 1 fully saturated rings. The Bertz CT molecular complexity index is 675. The fourth-order valence-corrected chi connectivity index (χ4v) is 4.51. The van der Waals surface area contributed by atoms with Crippen LogP contribution in [0.2, 0.25) is 0 Å². The van der Waals surface area contributed by atoms with E-state index in [1.807, 2.05) is 43.1 Å². The number of sulfone groups is 1. The monoisotopic (exact) mass is 354 g/mol. The van der Waals surface area contributed by atoms with Crippen LogP contribution in [0.4, 0.5) is 0 Å². The molecular weight excluding hydrogens is 328 g/mol. The third-order valence-electron chi connectivity index (χ3n) is 4.38. The number of aryl methyl sites for hydroxylation is 1. The van der Waals surface area contributed by atoms with E-state index >= 15 is 0 Å². The molecule has 2 rings (SSSR count). The second kappa shape index (κ2) is 7.98. The third kappa shape index (κ3) is 5.21. The number of carbonyl (C=O) groups excluding carboxylic acids is 1. The summed E-state index contributed by atoms with van der Waals surface area (Å²) >= 11 is 0. The van der Waals surface area contributed by atoms with Crippen LogP contribution in [0.25, 0.3) is 0 Å². The SMILES string of the molecule is Cc1ccccc1OCCN(C)CC(=O)N(C)[C@@H]1CCS(=O)(=O)C1. The van der Waals surface area contributed by atoms with Gasteiger partial charge in [0, 0.05) is 19.6 Å². The van der Waals surface area contributed by atoms with E-state index in [2.05, 4.69) is 0 Å². The molecule has 0 unspecified atom stereocenters. The van der Waals surface area contributed by atoms with Crippen molar-refractivity contribution in [2.75, 3.05) is 45.3 Å². The van der Waals surface area contributed by atoms with Crippen molar-refractivity contribution in [3.8, 4) is 5.75 Å². The van der Waals surface area contributed by atoms with Crippen molar-refractivity contribution in [1.29, 1.82) is 0 Å². The largest absolute Gasteiger partial charge is 0.492 e. The van der Waals surface area contributed by atoms with Gasteiger partial charge in [-0.1, -0.05) is 18.2 Å². The number of likely N-dealkylation sites (N-methyl/N-ethyl adjacent to an activating group) is 2. The van der Waals surface area contributed by atoms with E-state index in [1.165, 1.54) is 0 Å². The first-order chi connectivity index (χ1) is 11.3. The number of ether oxygens (including phenoxy) is 1. The summed E-state index contributed by atoms with van der Waals surface area (Å²) in [5.41, 5.74) is 1.08. The minimum atomic E-state index is -2.98. The molecule has 1 aliphatic rings. The molecule has 1 aliphatic heterocycles. The third-order valence-corrected chi connectivity index (χ3v) is 6.13. The lowest BCUT2D eigenvalue weighted by Gasteiger charge is -2.26. The molecule has 1 saturated heterocycles. The topological polar surface area (TPSA) is 66.9 Å². The molecule has 24 heavy (non-hydrogen) atoms. The van der Waals surface area contributed by atoms with Gasteiger partial charge >= 0.3 is 0 Å². The Hall–Kier alpha value is -1.60. The summed E-state index contributed by atoms with van der Waals surface area (Å²) in [4.78, 5) is 15.7. The summed E-state index contributed by atoms with van der Waals surface area (Å²) in [6, 6.07) is 7.62. The Balaban J connectivity index is 1.74. The van der Waals surface area contributed by atoms with E-state index in [1.54, 1.807) is 11.9 Å². The molecule has 0 spiro atoms. The van der Waals surface area contributed by atoms with Crippen molar-refractivity contribution in [3.05, 3.63) is 29.8 Å². The molecule has 1 heterocycles. The van der Waals surface area contributed by atoms with E-state index < -0.39 is 9.84 Å². The first kappa shape index (κ1) is 18.7. The molecule has 6 nitrogen and oxygen atoms in total. The summed E-state index contributed by atoms with van der Waals surface area (Å²) in [7, 11) is 0.567.